The maximum Gasteiger partial charge on any atom is 0.184 e. The van der Waals surface area contributed by atoms with Gasteiger partial charge >= 0.3 is 0 Å². The zero-order valence-electron chi connectivity index (χ0n) is 12.6. The van der Waals surface area contributed by atoms with Gasteiger partial charge in [-0.25, -0.2) is 13.4 Å². The van der Waals surface area contributed by atoms with Gasteiger partial charge in [-0.2, -0.15) is 0 Å². The second-order valence-corrected chi connectivity index (χ2v) is 9.17. The van der Waals surface area contributed by atoms with Crippen LogP contribution in [0.1, 0.15) is 10.4 Å². The van der Waals surface area contributed by atoms with E-state index in [0.29, 0.717) is 16.2 Å². The third kappa shape index (κ3) is 3.82. The maximum atomic E-state index is 12.1. The lowest BCUT2D eigenvalue weighted by Crippen LogP contribution is -2.13. The monoisotopic (exact) mass is 424 g/mol. The van der Waals surface area contributed by atoms with E-state index in [-0.39, 0.29) is 17.2 Å². The highest BCUT2D eigenvalue weighted by Crippen LogP contribution is 2.28. The van der Waals surface area contributed by atoms with Crippen LogP contribution in [0.3, 0.4) is 0 Å². The number of sulfone groups is 1. The number of ketones is 1. The second-order valence-electron chi connectivity index (χ2n) is 5.20. The van der Waals surface area contributed by atoms with Crippen molar-refractivity contribution in [3.8, 4) is 0 Å². The van der Waals surface area contributed by atoms with Crippen LogP contribution >= 0.6 is 27.3 Å². The van der Waals surface area contributed by atoms with E-state index < -0.39 is 9.84 Å². The van der Waals surface area contributed by atoms with E-state index in [1.54, 1.807) is 24.3 Å². The van der Waals surface area contributed by atoms with Crippen molar-refractivity contribution in [2.45, 2.75) is 4.90 Å². The Balaban J connectivity index is 1.76. The van der Waals surface area contributed by atoms with E-state index in [0.717, 1.165) is 9.17 Å². The molecule has 0 fully saturated rings. The van der Waals surface area contributed by atoms with Crippen molar-refractivity contribution in [2.24, 2.45) is 0 Å². The van der Waals surface area contributed by atoms with E-state index in [9.17, 15) is 13.2 Å². The zero-order valence-corrected chi connectivity index (χ0v) is 15.8. The van der Waals surface area contributed by atoms with Gasteiger partial charge in [0.1, 0.15) is 0 Å². The molecule has 0 radical (unpaired) electrons. The van der Waals surface area contributed by atoms with Crippen molar-refractivity contribution in [1.82, 2.24) is 4.98 Å². The fourth-order valence-electron chi connectivity index (χ4n) is 2.10. The highest BCUT2D eigenvalue weighted by molar-refractivity contribution is 9.10. The van der Waals surface area contributed by atoms with E-state index in [2.05, 4.69) is 26.2 Å². The Bertz CT molecular complexity index is 1010. The number of hydrogen-bond acceptors (Lipinski definition) is 6. The first-order valence-electron chi connectivity index (χ1n) is 6.96. The Morgan fingerprint density at radius 1 is 1.21 bits per heavy atom. The third-order valence-electron chi connectivity index (χ3n) is 3.35. The number of hydrogen-bond donors (Lipinski definition) is 1. The molecule has 0 spiro atoms. The number of anilines is 1. The molecule has 124 valence electrons. The summed E-state index contributed by atoms with van der Waals surface area (Å²) in [5, 5.41) is 3.59. The SMILES string of the molecule is CS(=O)(=O)c1ccc2nc(NCC(=O)c3ccc(Br)cc3)sc2c1. The molecule has 0 saturated carbocycles. The van der Waals surface area contributed by atoms with Gasteiger partial charge in [0.05, 0.1) is 21.7 Å². The minimum absolute atomic E-state index is 0.0430. The van der Waals surface area contributed by atoms with Crippen LogP contribution in [0.5, 0.6) is 0 Å². The third-order valence-corrected chi connectivity index (χ3v) is 5.97. The minimum atomic E-state index is -3.25. The van der Waals surface area contributed by atoms with E-state index >= 15 is 0 Å². The summed E-state index contributed by atoms with van der Waals surface area (Å²) in [4.78, 5) is 16.8. The molecule has 24 heavy (non-hydrogen) atoms. The summed E-state index contributed by atoms with van der Waals surface area (Å²) in [6.07, 6.45) is 1.17. The van der Waals surface area contributed by atoms with Crippen molar-refractivity contribution in [1.29, 1.82) is 0 Å². The normalized spacial score (nSPS) is 11.6. The van der Waals surface area contributed by atoms with Crippen LogP contribution < -0.4 is 5.32 Å². The largest absolute Gasteiger partial charge is 0.354 e. The summed E-state index contributed by atoms with van der Waals surface area (Å²) >= 11 is 4.65. The van der Waals surface area contributed by atoms with Gasteiger partial charge in [-0.05, 0) is 30.3 Å². The van der Waals surface area contributed by atoms with Gasteiger partial charge in [0.15, 0.2) is 20.8 Å². The molecular formula is C16H13BrN2O3S2. The van der Waals surface area contributed by atoms with Crippen molar-refractivity contribution in [3.63, 3.8) is 0 Å². The van der Waals surface area contributed by atoms with Crippen molar-refractivity contribution < 1.29 is 13.2 Å². The summed E-state index contributed by atoms with van der Waals surface area (Å²) in [6.45, 7) is 0.125. The number of carbonyl (C=O) groups excluding carboxylic acids is 1. The molecule has 0 aliphatic rings. The van der Waals surface area contributed by atoms with Gasteiger partial charge < -0.3 is 5.32 Å². The van der Waals surface area contributed by atoms with E-state index in [1.807, 2.05) is 12.1 Å². The van der Waals surface area contributed by atoms with Crippen LogP contribution in [0.25, 0.3) is 10.2 Å². The topological polar surface area (TPSA) is 76.1 Å². The first-order chi connectivity index (χ1) is 11.3. The Hall–Kier alpha value is -1.77. The Labute approximate surface area is 151 Å². The average Bonchev–Trinajstić information content (AvgIpc) is 2.94. The average molecular weight is 425 g/mol. The highest BCUT2D eigenvalue weighted by atomic mass is 79.9. The number of aromatic nitrogens is 1. The molecule has 2 aromatic carbocycles. The molecule has 0 unspecified atom stereocenters. The van der Waals surface area contributed by atoms with Crippen molar-refractivity contribution in [2.75, 3.05) is 18.1 Å². The molecule has 0 bridgehead atoms. The van der Waals surface area contributed by atoms with Crippen LogP contribution in [0.2, 0.25) is 0 Å². The lowest BCUT2D eigenvalue weighted by molar-refractivity contribution is 0.101. The van der Waals surface area contributed by atoms with Gasteiger partial charge in [0.25, 0.3) is 0 Å². The Kier molecular flexibility index (Phi) is 4.71. The highest BCUT2D eigenvalue weighted by Gasteiger charge is 2.12. The number of benzene rings is 2. The first-order valence-corrected chi connectivity index (χ1v) is 10.5. The van der Waals surface area contributed by atoms with Gasteiger partial charge in [-0.1, -0.05) is 39.4 Å². The van der Waals surface area contributed by atoms with Gasteiger partial charge in [0, 0.05) is 16.3 Å². The zero-order chi connectivity index (χ0) is 17.3. The number of fused-ring (bicyclic) bond motifs is 1. The number of nitrogens with zero attached hydrogens (tertiary/aromatic N) is 1. The smallest absolute Gasteiger partial charge is 0.184 e. The van der Waals surface area contributed by atoms with Crippen molar-refractivity contribution in [3.05, 3.63) is 52.5 Å². The minimum Gasteiger partial charge on any atom is -0.354 e. The molecular weight excluding hydrogens is 412 g/mol. The molecule has 1 heterocycles. The van der Waals surface area contributed by atoms with Crippen LogP contribution in [0, 0.1) is 0 Å². The van der Waals surface area contributed by atoms with E-state index in [4.69, 9.17) is 0 Å². The van der Waals surface area contributed by atoms with Crippen molar-refractivity contribution >= 4 is 58.2 Å². The molecule has 1 N–H and O–H groups in total. The lowest BCUT2D eigenvalue weighted by Gasteiger charge is -2.02. The number of Topliss-reactive ketones (excluding diaryl/α,β-unsaturated/α-hetero) is 1. The predicted octanol–water partition coefficient (Wildman–Crippen LogP) is 3.76. The second kappa shape index (κ2) is 6.62. The number of halogens is 1. The number of carbonyl (C=O) groups is 1. The molecule has 0 amide bonds. The predicted molar refractivity (Wildman–Crippen MR) is 99.7 cm³/mol. The van der Waals surface area contributed by atoms with Crippen LogP contribution in [-0.2, 0) is 9.84 Å². The molecule has 0 aliphatic carbocycles. The maximum absolute atomic E-state index is 12.1. The molecule has 8 heteroatoms. The molecule has 0 atom stereocenters. The Morgan fingerprint density at radius 3 is 2.58 bits per heavy atom. The quantitative estimate of drug-likeness (QED) is 0.630. The summed E-state index contributed by atoms with van der Waals surface area (Å²) < 4.78 is 24.9. The molecule has 1 aromatic heterocycles. The molecule has 0 saturated heterocycles. The van der Waals surface area contributed by atoms with Crippen LogP contribution in [0.15, 0.2) is 51.8 Å². The number of nitrogens with one attached hydrogen (secondary N) is 1. The number of rotatable bonds is 5. The van der Waals surface area contributed by atoms with Gasteiger partial charge in [0.2, 0.25) is 0 Å². The standard InChI is InChI=1S/C16H13BrN2O3S2/c1-24(21,22)12-6-7-13-15(8-12)23-16(19-13)18-9-14(20)10-2-4-11(17)5-3-10/h2-8H,9H2,1H3,(H,18,19). The molecule has 3 aromatic rings. The number of thiazole rings is 1. The molecule has 0 aliphatic heterocycles. The van der Waals surface area contributed by atoms with Crippen LogP contribution in [0.4, 0.5) is 5.13 Å². The first kappa shape index (κ1) is 17.1. The lowest BCUT2D eigenvalue weighted by atomic mass is 10.1. The fourth-order valence-corrected chi connectivity index (χ4v) is 3.99. The molecule has 3 rings (SSSR count). The van der Waals surface area contributed by atoms with Crippen LogP contribution in [-0.4, -0.2) is 32.0 Å². The van der Waals surface area contributed by atoms with Gasteiger partial charge in [-0.3, -0.25) is 4.79 Å². The molecule has 5 nitrogen and oxygen atoms in total. The fraction of sp³-hybridized carbons (Fsp3) is 0.125. The Morgan fingerprint density at radius 2 is 1.92 bits per heavy atom. The summed E-state index contributed by atoms with van der Waals surface area (Å²) in [5.74, 6) is -0.0430. The van der Waals surface area contributed by atoms with Gasteiger partial charge in [-0.15, -0.1) is 0 Å². The summed E-state index contributed by atoms with van der Waals surface area (Å²) in [7, 11) is -3.25. The van der Waals surface area contributed by atoms with E-state index in [1.165, 1.54) is 23.7 Å². The summed E-state index contributed by atoms with van der Waals surface area (Å²) in [5.41, 5.74) is 1.32. The summed E-state index contributed by atoms with van der Waals surface area (Å²) in [6, 6.07) is 12.0.